The second-order valence-corrected chi connectivity index (χ2v) is 12.7. The molecule has 0 aromatic heterocycles. The van der Waals surface area contributed by atoms with Crippen LogP contribution in [-0.2, 0) is 0 Å². The summed E-state index contributed by atoms with van der Waals surface area (Å²) in [5.41, 5.74) is -4.50. The van der Waals surface area contributed by atoms with Gasteiger partial charge in [0.15, 0.2) is 0 Å². The summed E-state index contributed by atoms with van der Waals surface area (Å²) in [6.07, 6.45) is -4.52. The number of fused-ring (bicyclic) bond motifs is 5. The lowest BCUT2D eigenvalue weighted by atomic mass is 9.44. The molecule has 4 rings (SSSR count). The Bertz CT molecular complexity index is 737. The first-order chi connectivity index (χ1) is 15.5. The molecule has 0 aromatic rings. The summed E-state index contributed by atoms with van der Waals surface area (Å²) in [6.45, 7) is 6.40. The lowest BCUT2D eigenvalue weighted by Gasteiger charge is -2.61. The Labute approximate surface area is 198 Å². The zero-order valence-electron chi connectivity index (χ0n) is 20.5. The molecule has 0 unspecified atom stereocenters. The minimum absolute atomic E-state index is 0.0721. The lowest BCUT2D eigenvalue weighted by Crippen LogP contribution is -2.57. The lowest BCUT2D eigenvalue weighted by molar-refractivity contribution is -0.370. The highest BCUT2D eigenvalue weighted by Gasteiger charge is 2.70. The summed E-state index contributed by atoms with van der Waals surface area (Å²) < 4.78 is 79.0. The standard InChI is InChI=1S/C26H40F6O2/c1-15(8-13-24(34,25(27,28)29)26(30,31)32)19-6-7-20-18-5-4-16-14-17(33)9-11-22(16,2)21(18)10-12-23(19,20)3/h15-21,33-34H,4-14H2,1-3H3/t15-,16-,17-,18+,19-,20+,21+,22+,23-/m1/s1. The van der Waals surface area contributed by atoms with E-state index in [0.717, 1.165) is 57.8 Å². The quantitative estimate of drug-likeness (QED) is 0.400. The molecule has 198 valence electrons. The Morgan fingerprint density at radius 3 is 2.03 bits per heavy atom. The maximum absolute atomic E-state index is 13.2. The summed E-state index contributed by atoms with van der Waals surface area (Å²) >= 11 is 0. The summed E-state index contributed by atoms with van der Waals surface area (Å²) in [4.78, 5) is 0. The van der Waals surface area contributed by atoms with Gasteiger partial charge in [-0.05, 0) is 117 Å². The second-order valence-electron chi connectivity index (χ2n) is 12.7. The van der Waals surface area contributed by atoms with Gasteiger partial charge in [-0.1, -0.05) is 20.8 Å². The van der Waals surface area contributed by atoms with Crippen LogP contribution in [0.2, 0.25) is 0 Å². The predicted octanol–water partition coefficient (Wildman–Crippen LogP) is 7.28. The van der Waals surface area contributed by atoms with Gasteiger partial charge in [-0.2, -0.15) is 26.3 Å². The highest BCUT2D eigenvalue weighted by Crippen LogP contribution is 2.68. The predicted molar refractivity (Wildman–Crippen MR) is 117 cm³/mol. The molecule has 0 aliphatic heterocycles. The van der Waals surface area contributed by atoms with Crippen LogP contribution in [0, 0.1) is 46.3 Å². The molecule has 8 heteroatoms. The topological polar surface area (TPSA) is 40.5 Å². The SMILES string of the molecule is C[C@H](CCC(O)(C(F)(F)F)C(F)(F)F)[C@H]1CC[C@H]2[C@@H]3CC[C@@H]4C[C@H](O)CC[C@]4(C)[C@H]3CC[C@]12C. The van der Waals surface area contributed by atoms with Crippen molar-refractivity contribution >= 4 is 0 Å². The highest BCUT2D eigenvalue weighted by atomic mass is 19.4. The van der Waals surface area contributed by atoms with Crippen LogP contribution in [0.5, 0.6) is 0 Å². The number of hydrogen-bond donors (Lipinski definition) is 2. The van der Waals surface area contributed by atoms with Crippen molar-refractivity contribution in [3.63, 3.8) is 0 Å². The molecule has 4 saturated carbocycles. The number of alkyl halides is 6. The van der Waals surface area contributed by atoms with E-state index in [2.05, 4.69) is 13.8 Å². The van der Waals surface area contributed by atoms with E-state index in [1.54, 1.807) is 6.92 Å². The van der Waals surface area contributed by atoms with Crippen LogP contribution in [0.1, 0.15) is 91.4 Å². The molecule has 4 aliphatic carbocycles. The molecule has 0 saturated heterocycles. The van der Waals surface area contributed by atoms with Crippen LogP contribution in [-0.4, -0.2) is 34.3 Å². The van der Waals surface area contributed by atoms with Crippen LogP contribution < -0.4 is 0 Å². The van der Waals surface area contributed by atoms with Crippen LogP contribution in [0.4, 0.5) is 26.3 Å². The van der Waals surface area contributed by atoms with Crippen LogP contribution in [0.25, 0.3) is 0 Å². The molecule has 2 nitrogen and oxygen atoms in total. The van der Waals surface area contributed by atoms with Crippen molar-refractivity contribution in [2.45, 2.75) is 115 Å². The Morgan fingerprint density at radius 1 is 0.824 bits per heavy atom. The monoisotopic (exact) mass is 498 g/mol. The van der Waals surface area contributed by atoms with Crippen molar-refractivity contribution in [2.75, 3.05) is 0 Å². The first-order valence-electron chi connectivity index (χ1n) is 13.1. The highest BCUT2D eigenvalue weighted by molar-refractivity contribution is 5.10. The fraction of sp³-hybridized carbons (Fsp3) is 1.00. The number of aliphatic hydroxyl groups is 2. The molecule has 0 radical (unpaired) electrons. The molecule has 4 aliphatic rings. The Morgan fingerprint density at radius 2 is 1.41 bits per heavy atom. The minimum atomic E-state index is -5.74. The molecule has 0 spiro atoms. The zero-order chi connectivity index (χ0) is 25.3. The normalized spacial score (nSPS) is 44.2. The van der Waals surface area contributed by atoms with Gasteiger partial charge in [0.1, 0.15) is 0 Å². The van der Waals surface area contributed by atoms with Crippen molar-refractivity contribution in [3.8, 4) is 0 Å². The third-order valence-corrected chi connectivity index (χ3v) is 11.3. The van der Waals surface area contributed by atoms with E-state index in [-0.39, 0.29) is 35.2 Å². The molecule has 2 N–H and O–H groups in total. The van der Waals surface area contributed by atoms with Crippen LogP contribution in [0.3, 0.4) is 0 Å². The van der Waals surface area contributed by atoms with Gasteiger partial charge in [0.2, 0.25) is 0 Å². The number of halogens is 6. The minimum Gasteiger partial charge on any atom is -0.393 e. The van der Waals surface area contributed by atoms with Crippen molar-refractivity contribution < 1.29 is 36.6 Å². The second kappa shape index (κ2) is 8.53. The van der Waals surface area contributed by atoms with Crippen molar-refractivity contribution in [3.05, 3.63) is 0 Å². The van der Waals surface area contributed by atoms with Gasteiger partial charge in [-0.15, -0.1) is 0 Å². The van der Waals surface area contributed by atoms with Gasteiger partial charge < -0.3 is 10.2 Å². The van der Waals surface area contributed by atoms with Gasteiger partial charge in [0.05, 0.1) is 6.10 Å². The van der Waals surface area contributed by atoms with Crippen molar-refractivity contribution in [1.29, 1.82) is 0 Å². The average molecular weight is 499 g/mol. The molecular formula is C26H40F6O2. The number of rotatable bonds is 4. The summed E-state index contributed by atoms with van der Waals surface area (Å²) in [5, 5.41) is 19.8. The maximum atomic E-state index is 13.2. The third-order valence-electron chi connectivity index (χ3n) is 11.3. The number of aliphatic hydroxyl groups excluding tert-OH is 1. The van der Waals surface area contributed by atoms with Crippen LogP contribution in [0.15, 0.2) is 0 Å². The molecule has 9 atom stereocenters. The van der Waals surface area contributed by atoms with E-state index in [1.807, 2.05) is 0 Å². The van der Waals surface area contributed by atoms with Gasteiger partial charge in [0.25, 0.3) is 5.60 Å². The maximum Gasteiger partial charge on any atom is 0.426 e. The van der Waals surface area contributed by atoms with E-state index in [1.165, 1.54) is 0 Å². The molecule has 0 aromatic carbocycles. The Kier molecular flexibility index (Phi) is 6.66. The summed E-state index contributed by atoms with van der Waals surface area (Å²) in [7, 11) is 0. The third kappa shape index (κ3) is 4.01. The Balaban J connectivity index is 1.48. The van der Waals surface area contributed by atoms with Crippen molar-refractivity contribution in [2.24, 2.45) is 46.3 Å². The molecular weight excluding hydrogens is 458 g/mol. The zero-order valence-corrected chi connectivity index (χ0v) is 20.5. The van der Waals surface area contributed by atoms with Crippen LogP contribution >= 0.6 is 0 Å². The molecule has 34 heavy (non-hydrogen) atoms. The van der Waals surface area contributed by atoms with Gasteiger partial charge in [0, 0.05) is 0 Å². The molecule has 0 amide bonds. The molecule has 4 fully saturated rings. The first-order valence-corrected chi connectivity index (χ1v) is 13.1. The average Bonchev–Trinajstić information content (AvgIpc) is 3.08. The number of hydrogen-bond acceptors (Lipinski definition) is 2. The van der Waals surface area contributed by atoms with Gasteiger partial charge >= 0.3 is 12.4 Å². The van der Waals surface area contributed by atoms with E-state index in [4.69, 9.17) is 0 Å². The fourth-order valence-corrected chi connectivity index (χ4v) is 9.29. The first kappa shape index (κ1) is 26.6. The largest absolute Gasteiger partial charge is 0.426 e. The van der Waals surface area contributed by atoms with E-state index in [9.17, 15) is 36.6 Å². The fourth-order valence-electron chi connectivity index (χ4n) is 9.29. The van der Waals surface area contributed by atoms with E-state index >= 15 is 0 Å². The van der Waals surface area contributed by atoms with E-state index in [0.29, 0.717) is 23.7 Å². The van der Waals surface area contributed by atoms with Gasteiger partial charge in [-0.3, -0.25) is 0 Å². The smallest absolute Gasteiger partial charge is 0.393 e. The van der Waals surface area contributed by atoms with Gasteiger partial charge in [-0.25, -0.2) is 0 Å². The Hall–Kier alpha value is -0.500. The van der Waals surface area contributed by atoms with Crippen molar-refractivity contribution in [1.82, 2.24) is 0 Å². The summed E-state index contributed by atoms with van der Waals surface area (Å²) in [5.74, 6) is 1.89. The van der Waals surface area contributed by atoms with E-state index < -0.39 is 24.4 Å². The summed E-state index contributed by atoms with van der Waals surface area (Å²) in [6, 6.07) is 0. The molecule has 0 heterocycles. The molecule has 0 bridgehead atoms.